The maximum Gasteiger partial charge on any atom is 0.227 e. The molecule has 29 heavy (non-hydrogen) atoms. The van der Waals surface area contributed by atoms with Crippen LogP contribution in [0.25, 0.3) is 10.9 Å². The van der Waals surface area contributed by atoms with Crippen LogP contribution in [0.15, 0.2) is 42.5 Å². The number of fused-ring (bicyclic) bond motifs is 1. The molecule has 6 nitrogen and oxygen atoms in total. The number of hydrogen-bond donors (Lipinski definition) is 3. The quantitative estimate of drug-likeness (QED) is 0.614. The topological polar surface area (TPSA) is 78.9 Å². The Morgan fingerprint density at radius 2 is 1.93 bits per heavy atom. The first-order valence-corrected chi connectivity index (χ1v) is 10.1. The monoisotopic (exact) mass is 409 g/mol. The van der Waals surface area contributed by atoms with Gasteiger partial charge in [-0.05, 0) is 51.0 Å². The number of amides is 1. The number of carbonyl (C=O) groups is 1. The number of halogens is 1. The highest BCUT2D eigenvalue weighted by Gasteiger charge is 2.34. The second-order valence-corrected chi connectivity index (χ2v) is 8.00. The average molecular weight is 410 g/mol. The molecule has 0 saturated carbocycles. The predicted octanol–water partition coefficient (Wildman–Crippen LogP) is 3.56. The van der Waals surface area contributed by atoms with E-state index in [0.717, 1.165) is 22.2 Å². The average Bonchev–Trinajstić information content (AvgIpc) is 2.67. The summed E-state index contributed by atoms with van der Waals surface area (Å²) in [5.74, 6) is 0.241. The largest absolute Gasteiger partial charge is 0.323 e. The van der Waals surface area contributed by atoms with Gasteiger partial charge in [0.05, 0.1) is 17.1 Å². The van der Waals surface area contributed by atoms with Gasteiger partial charge in [0, 0.05) is 16.5 Å². The first-order chi connectivity index (χ1) is 13.9. The highest BCUT2D eigenvalue weighted by Crippen LogP contribution is 2.23. The van der Waals surface area contributed by atoms with E-state index in [-0.39, 0.29) is 17.9 Å². The Morgan fingerprint density at radius 3 is 2.69 bits per heavy atom. The van der Waals surface area contributed by atoms with Gasteiger partial charge >= 0.3 is 0 Å². The number of aromatic nitrogens is 2. The van der Waals surface area contributed by atoms with Crippen LogP contribution in [0.5, 0.6) is 0 Å². The van der Waals surface area contributed by atoms with Crippen LogP contribution in [0.1, 0.15) is 23.7 Å². The van der Waals surface area contributed by atoms with E-state index in [1.54, 1.807) is 0 Å². The standard InChI is InChI=1S/C22H24ClN5O/c1-12-8-9-19-16(10-12)13(2)24-21(26-19)28-22-25-14(3)17(20(29)27-22)11-15-6-4-5-7-18(15)23/h4-10,14,17,22,25H,11H2,1-3H3,(H,27,29)(H,24,26,28). The molecule has 0 aliphatic carbocycles. The molecule has 1 aliphatic heterocycles. The molecule has 0 spiro atoms. The summed E-state index contributed by atoms with van der Waals surface area (Å²) in [5, 5.41) is 11.3. The van der Waals surface area contributed by atoms with Crippen molar-refractivity contribution in [1.29, 1.82) is 0 Å². The fourth-order valence-electron chi connectivity index (χ4n) is 3.73. The van der Waals surface area contributed by atoms with Crippen molar-refractivity contribution in [3.8, 4) is 0 Å². The molecule has 1 aromatic heterocycles. The molecule has 1 aliphatic rings. The number of benzene rings is 2. The first kappa shape index (κ1) is 19.6. The summed E-state index contributed by atoms with van der Waals surface area (Å²) in [6.07, 6.45) is 0.138. The summed E-state index contributed by atoms with van der Waals surface area (Å²) in [6, 6.07) is 13.7. The van der Waals surface area contributed by atoms with Crippen molar-refractivity contribution in [3.63, 3.8) is 0 Å². The molecule has 2 aromatic carbocycles. The second kappa shape index (κ2) is 7.97. The lowest BCUT2D eigenvalue weighted by Crippen LogP contribution is -2.63. The normalized spacial score (nSPS) is 21.8. The van der Waals surface area contributed by atoms with Crippen molar-refractivity contribution in [2.24, 2.45) is 5.92 Å². The summed E-state index contributed by atoms with van der Waals surface area (Å²) in [7, 11) is 0. The minimum Gasteiger partial charge on any atom is -0.323 e. The lowest BCUT2D eigenvalue weighted by Gasteiger charge is -2.36. The maximum atomic E-state index is 12.8. The first-order valence-electron chi connectivity index (χ1n) is 9.72. The summed E-state index contributed by atoms with van der Waals surface area (Å²) in [5.41, 5.74) is 3.91. The Labute approximate surface area is 175 Å². The van der Waals surface area contributed by atoms with Crippen molar-refractivity contribution in [1.82, 2.24) is 20.6 Å². The van der Waals surface area contributed by atoms with Gasteiger partial charge in [0.1, 0.15) is 0 Å². The van der Waals surface area contributed by atoms with E-state index in [9.17, 15) is 4.79 Å². The smallest absolute Gasteiger partial charge is 0.227 e. The molecule has 1 fully saturated rings. The van der Waals surface area contributed by atoms with Gasteiger partial charge in [-0.2, -0.15) is 0 Å². The van der Waals surface area contributed by atoms with E-state index >= 15 is 0 Å². The third kappa shape index (κ3) is 4.18. The molecule has 3 N–H and O–H groups in total. The highest BCUT2D eigenvalue weighted by atomic mass is 35.5. The summed E-state index contributed by atoms with van der Waals surface area (Å²) in [4.78, 5) is 21.9. The minimum atomic E-state index is -0.442. The molecular formula is C22H24ClN5O. The summed E-state index contributed by atoms with van der Waals surface area (Å²) >= 11 is 6.27. The highest BCUT2D eigenvalue weighted by molar-refractivity contribution is 6.31. The van der Waals surface area contributed by atoms with Gasteiger partial charge in [0.15, 0.2) is 6.29 Å². The molecule has 3 atom stereocenters. The molecule has 1 saturated heterocycles. The molecular weight excluding hydrogens is 386 g/mol. The van der Waals surface area contributed by atoms with Gasteiger partial charge in [-0.1, -0.05) is 41.4 Å². The van der Waals surface area contributed by atoms with Gasteiger partial charge in [0.25, 0.3) is 0 Å². The fraction of sp³-hybridized carbons (Fsp3) is 0.318. The molecule has 0 bridgehead atoms. The van der Waals surface area contributed by atoms with Crippen LogP contribution >= 0.6 is 11.6 Å². The van der Waals surface area contributed by atoms with E-state index < -0.39 is 6.29 Å². The van der Waals surface area contributed by atoms with E-state index in [1.807, 2.05) is 57.2 Å². The molecule has 150 valence electrons. The second-order valence-electron chi connectivity index (χ2n) is 7.60. The Balaban J connectivity index is 1.48. The maximum absolute atomic E-state index is 12.8. The third-order valence-corrected chi connectivity index (χ3v) is 5.74. The number of aryl methyl sites for hydroxylation is 2. The van der Waals surface area contributed by atoms with Crippen molar-refractivity contribution in [2.45, 2.75) is 39.5 Å². The van der Waals surface area contributed by atoms with Crippen molar-refractivity contribution in [2.75, 3.05) is 5.32 Å². The number of anilines is 1. The number of carbonyl (C=O) groups excluding carboxylic acids is 1. The lowest BCUT2D eigenvalue weighted by atomic mass is 9.90. The van der Waals surface area contributed by atoms with Crippen LogP contribution in [0, 0.1) is 19.8 Å². The number of hydrogen-bond acceptors (Lipinski definition) is 5. The number of rotatable bonds is 4. The fourth-order valence-corrected chi connectivity index (χ4v) is 3.95. The van der Waals surface area contributed by atoms with Crippen molar-refractivity contribution >= 4 is 34.4 Å². The Morgan fingerprint density at radius 1 is 1.14 bits per heavy atom. The van der Waals surface area contributed by atoms with Gasteiger partial charge in [-0.3, -0.25) is 10.1 Å². The van der Waals surface area contributed by atoms with Crippen LogP contribution in [-0.2, 0) is 11.2 Å². The van der Waals surface area contributed by atoms with Gasteiger partial charge < -0.3 is 10.6 Å². The lowest BCUT2D eigenvalue weighted by molar-refractivity contribution is -0.128. The van der Waals surface area contributed by atoms with Gasteiger partial charge in [-0.25, -0.2) is 9.97 Å². The predicted molar refractivity (Wildman–Crippen MR) is 116 cm³/mol. The Bertz CT molecular complexity index is 1070. The molecule has 1 amide bonds. The van der Waals surface area contributed by atoms with E-state index in [0.29, 0.717) is 17.4 Å². The van der Waals surface area contributed by atoms with Crippen LogP contribution in [0.4, 0.5) is 5.95 Å². The van der Waals surface area contributed by atoms with Crippen LogP contribution in [0.2, 0.25) is 5.02 Å². The number of nitrogens with one attached hydrogen (secondary N) is 3. The van der Waals surface area contributed by atoms with E-state index in [1.165, 1.54) is 5.56 Å². The SMILES string of the molecule is Cc1ccc2nc(NC3NC(=O)C(Cc4ccccc4Cl)C(C)N3)nc(C)c2c1. The summed E-state index contributed by atoms with van der Waals surface area (Å²) in [6.45, 7) is 6.01. The van der Waals surface area contributed by atoms with Crippen LogP contribution in [-0.4, -0.2) is 28.2 Å². The van der Waals surface area contributed by atoms with E-state index in [4.69, 9.17) is 11.6 Å². The van der Waals surface area contributed by atoms with Crippen molar-refractivity contribution < 1.29 is 4.79 Å². The molecule has 3 aromatic rings. The van der Waals surface area contributed by atoms with Crippen LogP contribution in [0.3, 0.4) is 0 Å². The van der Waals surface area contributed by atoms with Gasteiger partial charge in [-0.15, -0.1) is 0 Å². The van der Waals surface area contributed by atoms with Crippen molar-refractivity contribution in [3.05, 3.63) is 64.3 Å². The molecule has 7 heteroatoms. The minimum absolute atomic E-state index is 0.0261. The molecule has 0 radical (unpaired) electrons. The van der Waals surface area contributed by atoms with E-state index in [2.05, 4.69) is 32.0 Å². The molecule has 2 heterocycles. The zero-order valence-electron chi connectivity index (χ0n) is 16.7. The third-order valence-electron chi connectivity index (χ3n) is 5.37. The van der Waals surface area contributed by atoms with Gasteiger partial charge in [0.2, 0.25) is 11.9 Å². The molecule has 3 unspecified atom stereocenters. The Hall–Kier alpha value is -2.70. The molecule has 4 rings (SSSR count). The number of nitrogens with zero attached hydrogens (tertiary/aromatic N) is 2. The zero-order valence-corrected chi connectivity index (χ0v) is 17.4. The summed E-state index contributed by atoms with van der Waals surface area (Å²) < 4.78 is 0. The zero-order chi connectivity index (χ0) is 20.5. The van der Waals surface area contributed by atoms with Crippen LogP contribution < -0.4 is 16.0 Å². The Kier molecular flexibility index (Phi) is 5.39.